The molecule has 62 heavy (non-hydrogen) atoms. The molecule has 2 heterocycles. The van der Waals surface area contributed by atoms with Crippen LogP contribution in [-0.4, -0.2) is 46.5 Å². The first kappa shape index (κ1) is 38.4. The SMILES string of the molecule is O=C1c2cccc3c(N(c4ccccc4)c4ccccc4)ccc(c23)C(=O)N1CCCCCCN1C(=O)c2cccc3c(N(c4ccccc4)c4ccccc4)ccc(c23)C1=O. The Kier molecular flexibility index (Phi) is 10.1. The van der Waals surface area contributed by atoms with Crippen LogP contribution in [0.1, 0.15) is 67.1 Å². The molecule has 0 aliphatic carbocycles. The number of para-hydroxylation sites is 4. The summed E-state index contributed by atoms with van der Waals surface area (Å²) < 4.78 is 0. The Balaban J connectivity index is 0.821. The van der Waals surface area contributed by atoms with Gasteiger partial charge in [0.2, 0.25) is 0 Å². The van der Waals surface area contributed by atoms with Crippen molar-refractivity contribution < 1.29 is 19.2 Å². The maximum Gasteiger partial charge on any atom is 0.261 e. The highest BCUT2D eigenvalue weighted by molar-refractivity contribution is 6.28. The van der Waals surface area contributed by atoms with Crippen molar-refractivity contribution in [2.45, 2.75) is 25.7 Å². The second-order valence-corrected chi connectivity index (χ2v) is 15.7. The van der Waals surface area contributed by atoms with E-state index in [-0.39, 0.29) is 36.7 Å². The number of rotatable bonds is 13. The fourth-order valence-electron chi connectivity index (χ4n) is 9.11. The van der Waals surface area contributed by atoms with Crippen LogP contribution < -0.4 is 9.80 Å². The molecule has 8 aromatic carbocycles. The summed E-state index contributed by atoms with van der Waals surface area (Å²) in [5.74, 6) is -1.19. The fraction of sp³-hybridized carbons (Fsp3) is 0.111. The molecule has 8 heteroatoms. The molecule has 0 N–H and O–H groups in total. The highest BCUT2D eigenvalue weighted by Gasteiger charge is 2.35. The summed E-state index contributed by atoms with van der Waals surface area (Å²) in [7, 11) is 0. The molecule has 0 atom stereocenters. The molecule has 10 rings (SSSR count). The van der Waals surface area contributed by atoms with Gasteiger partial charge in [0.05, 0.1) is 11.4 Å². The number of hydrogen-bond acceptors (Lipinski definition) is 6. The van der Waals surface area contributed by atoms with Crippen LogP contribution in [-0.2, 0) is 0 Å². The van der Waals surface area contributed by atoms with E-state index in [2.05, 4.69) is 9.80 Å². The first-order valence-corrected chi connectivity index (χ1v) is 21.1. The third kappa shape index (κ3) is 6.66. The lowest BCUT2D eigenvalue weighted by Gasteiger charge is -2.31. The van der Waals surface area contributed by atoms with Crippen molar-refractivity contribution in [2.24, 2.45) is 0 Å². The van der Waals surface area contributed by atoms with Crippen molar-refractivity contribution in [3.8, 4) is 0 Å². The van der Waals surface area contributed by atoms with Gasteiger partial charge in [-0.1, -0.05) is 110 Å². The van der Waals surface area contributed by atoms with Crippen LogP contribution >= 0.6 is 0 Å². The van der Waals surface area contributed by atoms with Crippen molar-refractivity contribution >= 4 is 79.3 Å². The number of hydrogen-bond donors (Lipinski definition) is 0. The first-order valence-electron chi connectivity index (χ1n) is 21.1. The lowest BCUT2D eigenvalue weighted by Crippen LogP contribution is -2.41. The number of benzene rings is 8. The van der Waals surface area contributed by atoms with Gasteiger partial charge in [-0.25, -0.2) is 0 Å². The van der Waals surface area contributed by atoms with Gasteiger partial charge in [-0.2, -0.15) is 0 Å². The minimum absolute atomic E-state index is 0.275. The van der Waals surface area contributed by atoms with E-state index in [9.17, 15) is 19.2 Å². The molecule has 2 aliphatic heterocycles. The minimum Gasteiger partial charge on any atom is -0.310 e. The number of unbranched alkanes of at least 4 members (excludes halogenated alkanes) is 3. The number of anilines is 6. The highest BCUT2D eigenvalue weighted by atomic mass is 16.2. The van der Waals surface area contributed by atoms with E-state index in [4.69, 9.17) is 0 Å². The monoisotopic (exact) mass is 810 g/mol. The van der Waals surface area contributed by atoms with Gasteiger partial charge in [0.1, 0.15) is 0 Å². The summed E-state index contributed by atoms with van der Waals surface area (Å²) >= 11 is 0. The van der Waals surface area contributed by atoms with E-state index in [1.54, 1.807) is 12.1 Å². The molecule has 0 spiro atoms. The summed E-state index contributed by atoms with van der Waals surface area (Å²) in [5, 5.41) is 3.00. The molecule has 0 bridgehead atoms. The molecular formula is C54H42N4O4. The van der Waals surface area contributed by atoms with Gasteiger partial charge in [-0.05, 0) is 97.8 Å². The first-order chi connectivity index (χ1) is 30.5. The van der Waals surface area contributed by atoms with Crippen molar-refractivity contribution in [1.29, 1.82) is 0 Å². The molecule has 8 aromatic rings. The Bertz CT molecular complexity index is 2680. The Labute approximate surface area is 359 Å². The fourth-order valence-corrected chi connectivity index (χ4v) is 9.11. The van der Waals surface area contributed by atoms with Gasteiger partial charge in [-0.15, -0.1) is 0 Å². The molecule has 0 radical (unpaired) electrons. The standard InChI is InChI=1S/C54H42N4O4/c59-51-43-29-17-27-41-47(57(37-19-7-3-8-20-37)38-21-9-4-10-22-38)33-31-45(49(41)43)53(61)55(51)35-15-1-2-16-36-56-52(60)44-30-18-28-42-48(34-32-46(50(42)44)54(56)62)58(39-23-11-5-12-24-39)40-25-13-6-14-26-40/h3-14,17-34H,1-2,15-16,35-36H2. The third-order valence-corrected chi connectivity index (χ3v) is 12.0. The zero-order valence-electron chi connectivity index (χ0n) is 34.0. The van der Waals surface area contributed by atoms with Crippen LogP contribution in [0.4, 0.5) is 34.1 Å². The summed E-state index contributed by atoms with van der Waals surface area (Å²) in [6, 6.07) is 59.2. The maximum atomic E-state index is 14.0. The van der Waals surface area contributed by atoms with E-state index in [0.29, 0.717) is 45.9 Å². The molecule has 4 amide bonds. The Morgan fingerprint density at radius 2 is 0.613 bits per heavy atom. The van der Waals surface area contributed by atoms with Crippen LogP contribution in [0.2, 0.25) is 0 Å². The van der Waals surface area contributed by atoms with Gasteiger partial charge in [0.25, 0.3) is 23.6 Å². The van der Waals surface area contributed by atoms with Crippen molar-refractivity contribution in [3.63, 3.8) is 0 Å². The maximum absolute atomic E-state index is 14.0. The van der Waals surface area contributed by atoms with E-state index in [1.165, 1.54) is 9.80 Å². The molecule has 0 saturated carbocycles. The Morgan fingerprint density at radius 1 is 0.306 bits per heavy atom. The van der Waals surface area contributed by atoms with E-state index < -0.39 is 0 Å². The lowest BCUT2D eigenvalue weighted by molar-refractivity contribution is 0.0586. The highest BCUT2D eigenvalue weighted by Crippen LogP contribution is 2.44. The van der Waals surface area contributed by atoms with Crippen molar-refractivity contribution in [1.82, 2.24) is 9.80 Å². The molecule has 302 valence electrons. The number of nitrogens with zero attached hydrogens (tertiary/aromatic N) is 4. The average molecular weight is 811 g/mol. The zero-order valence-corrected chi connectivity index (χ0v) is 34.0. The lowest BCUT2D eigenvalue weighted by atomic mass is 9.92. The van der Waals surface area contributed by atoms with Crippen LogP contribution in [0.5, 0.6) is 0 Å². The largest absolute Gasteiger partial charge is 0.310 e. The topological polar surface area (TPSA) is 81.2 Å². The molecular weight excluding hydrogens is 769 g/mol. The van der Waals surface area contributed by atoms with E-state index in [1.807, 2.05) is 170 Å². The quantitative estimate of drug-likeness (QED) is 0.0852. The van der Waals surface area contributed by atoms with Gasteiger partial charge in [0.15, 0.2) is 0 Å². The summed E-state index contributed by atoms with van der Waals surface area (Å²) in [6.45, 7) is 0.551. The number of amides is 4. The second kappa shape index (κ2) is 16.3. The number of imide groups is 2. The molecule has 8 nitrogen and oxygen atoms in total. The predicted octanol–water partition coefficient (Wildman–Crippen LogP) is 12.4. The van der Waals surface area contributed by atoms with Crippen LogP contribution in [0, 0.1) is 0 Å². The molecule has 2 aliphatic rings. The molecule has 0 unspecified atom stereocenters. The summed E-state index contributed by atoms with van der Waals surface area (Å²) in [6.07, 6.45) is 2.64. The molecule has 0 fully saturated rings. The summed E-state index contributed by atoms with van der Waals surface area (Å²) in [4.78, 5) is 63.1. The van der Waals surface area contributed by atoms with Crippen molar-refractivity contribution in [3.05, 3.63) is 204 Å². The van der Waals surface area contributed by atoms with Gasteiger partial charge < -0.3 is 9.80 Å². The Morgan fingerprint density at radius 3 is 0.935 bits per heavy atom. The van der Waals surface area contributed by atoms with Gasteiger partial charge in [0, 0.05) is 79.6 Å². The predicted molar refractivity (Wildman–Crippen MR) is 246 cm³/mol. The van der Waals surface area contributed by atoms with Gasteiger partial charge >= 0.3 is 0 Å². The van der Waals surface area contributed by atoms with Gasteiger partial charge in [-0.3, -0.25) is 29.0 Å². The molecule has 0 saturated heterocycles. The zero-order chi connectivity index (χ0) is 42.2. The summed E-state index contributed by atoms with van der Waals surface area (Å²) in [5.41, 5.74) is 7.67. The average Bonchev–Trinajstić information content (AvgIpc) is 3.32. The van der Waals surface area contributed by atoms with E-state index in [0.717, 1.165) is 57.7 Å². The molecule has 0 aromatic heterocycles. The smallest absolute Gasteiger partial charge is 0.261 e. The van der Waals surface area contributed by atoms with E-state index >= 15 is 0 Å². The minimum atomic E-state index is -0.299. The van der Waals surface area contributed by atoms with Crippen molar-refractivity contribution in [2.75, 3.05) is 22.9 Å². The number of carbonyl (C=O) groups is 4. The van der Waals surface area contributed by atoms with Crippen LogP contribution in [0.25, 0.3) is 21.5 Å². The third-order valence-electron chi connectivity index (χ3n) is 12.0. The van der Waals surface area contributed by atoms with Crippen LogP contribution in [0.15, 0.2) is 182 Å². The second-order valence-electron chi connectivity index (χ2n) is 15.7. The normalized spacial score (nSPS) is 13.3. The Hall–Kier alpha value is -7.84. The van der Waals surface area contributed by atoms with Crippen LogP contribution in [0.3, 0.4) is 0 Å². The number of carbonyl (C=O) groups excluding carboxylic acids is 4.